The number of nitrogens with zero attached hydrogens (tertiary/aromatic N) is 3. The number of rotatable bonds is 3. The number of hydrogen-bond donors (Lipinski definition) is 0. The molecule has 0 spiro atoms. The molecule has 0 radical (unpaired) electrons. The third kappa shape index (κ3) is 3.84. The Balaban J connectivity index is 1.23. The Morgan fingerprint density at radius 3 is 2.28 bits per heavy atom. The van der Waals surface area contributed by atoms with Crippen molar-refractivity contribution in [1.29, 1.82) is 0 Å². The summed E-state index contributed by atoms with van der Waals surface area (Å²) in [5.41, 5.74) is 11.3. The summed E-state index contributed by atoms with van der Waals surface area (Å²) in [7, 11) is 0. The van der Waals surface area contributed by atoms with Gasteiger partial charge >= 0.3 is 0 Å². The predicted octanol–water partition coefficient (Wildman–Crippen LogP) is 11.4. The SMILES string of the molecule is CC1(C)c2ccc(-c3nc(-c4ccccn4)cc(-c4cccc5c4sc4ccccc45)n3)cc2-c2c1ccc1oc3ccccc3c21. The second-order valence-corrected chi connectivity index (χ2v) is 13.9. The van der Waals surface area contributed by atoms with Crippen LogP contribution in [-0.2, 0) is 5.41 Å². The van der Waals surface area contributed by atoms with Crippen molar-refractivity contribution in [3.05, 3.63) is 139 Å². The Kier molecular flexibility index (Phi) is 5.47. The highest BCUT2D eigenvalue weighted by Gasteiger charge is 2.37. The maximum Gasteiger partial charge on any atom is 0.160 e. The van der Waals surface area contributed by atoms with E-state index in [0.29, 0.717) is 5.82 Å². The summed E-state index contributed by atoms with van der Waals surface area (Å²) in [6, 6.07) is 42.6. The lowest BCUT2D eigenvalue weighted by Gasteiger charge is -2.21. The molecule has 1 aliphatic rings. The van der Waals surface area contributed by atoms with Crippen LogP contribution in [0, 0.1) is 0 Å². The first kappa shape index (κ1) is 26.6. The fourth-order valence-corrected chi connectivity index (χ4v) is 8.73. The van der Waals surface area contributed by atoms with E-state index in [4.69, 9.17) is 14.4 Å². The molecule has 10 rings (SSSR count). The normalized spacial score (nSPS) is 13.5. The van der Waals surface area contributed by atoms with Crippen molar-refractivity contribution < 1.29 is 4.42 Å². The molecule has 0 unspecified atom stereocenters. The van der Waals surface area contributed by atoms with Gasteiger partial charge in [-0.25, -0.2) is 9.97 Å². The van der Waals surface area contributed by atoms with Crippen LogP contribution in [-0.4, -0.2) is 15.0 Å². The van der Waals surface area contributed by atoms with Crippen molar-refractivity contribution in [3.8, 4) is 45.2 Å². The molecule has 4 nitrogen and oxygen atoms in total. The Hall–Kier alpha value is -5.65. The van der Waals surface area contributed by atoms with E-state index in [1.54, 1.807) is 0 Å². The topological polar surface area (TPSA) is 51.8 Å². The fraction of sp³-hybridized carbons (Fsp3) is 0.0714. The van der Waals surface area contributed by atoms with E-state index in [9.17, 15) is 0 Å². The van der Waals surface area contributed by atoms with Crippen LogP contribution in [0.15, 0.2) is 132 Å². The van der Waals surface area contributed by atoms with Crippen molar-refractivity contribution in [2.24, 2.45) is 0 Å². The quantitative estimate of drug-likeness (QED) is 0.197. The maximum atomic E-state index is 6.33. The molecule has 4 heterocycles. The number of benzene rings is 5. The molecule has 0 bridgehead atoms. The molecule has 9 aromatic rings. The zero-order valence-electron chi connectivity index (χ0n) is 25.8. The third-order valence-corrected chi connectivity index (χ3v) is 11.0. The van der Waals surface area contributed by atoms with Gasteiger partial charge in [-0.15, -0.1) is 11.3 Å². The van der Waals surface area contributed by atoms with E-state index < -0.39 is 0 Å². The van der Waals surface area contributed by atoms with Crippen LogP contribution in [0.4, 0.5) is 0 Å². The van der Waals surface area contributed by atoms with E-state index in [0.717, 1.165) is 44.8 Å². The van der Waals surface area contributed by atoms with Gasteiger partial charge in [-0.2, -0.15) is 0 Å². The van der Waals surface area contributed by atoms with E-state index in [2.05, 4.69) is 116 Å². The van der Waals surface area contributed by atoms with Gasteiger partial charge in [0.25, 0.3) is 0 Å². The Morgan fingerprint density at radius 2 is 1.38 bits per heavy atom. The standard InChI is InChI=1S/C42H27N3OS/c1-42(2)30-18-17-24(22-29(30)38-31(42)19-20-36-39(38)28-11-3-5-15-35(28)46-36)41-44-33(23-34(45-41)32-14-7-8-21-43-32)27-13-9-12-26-25-10-4-6-16-37(25)47-40(26)27/h3-23H,1-2H3. The second-order valence-electron chi connectivity index (χ2n) is 12.8. The summed E-state index contributed by atoms with van der Waals surface area (Å²) in [6.07, 6.45) is 1.82. The van der Waals surface area contributed by atoms with E-state index >= 15 is 0 Å². The molecule has 47 heavy (non-hydrogen) atoms. The van der Waals surface area contributed by atoms with E-state index in [1.807, 2.05) is 41.8 Å². The number of hydrogen-bond acceptors (Lipinski definition) is 5. The number of aromatic nitrogens is 3. The summed E-state index contributed by atoms with van der Waals surface area (Å²) in [5, 5.41) is 4.82. The molecule has 0 fully saturated rings. The van der Waals surface area contributed by atoms with Crippen molar-refractivity contribution in [3.63, 3.8) is 0 Å². The minimum Gasteiger partial charge on any atom is -0.456 e. The lowest BCUT2D eigenvalue weighted by atomic mass is 9.82. The molecular weight excluding hydrogens is 595 g/mol. The summed E-state index contributed by atoms with van der Waals surface area (Å²) in [4.78, 5) is 15.1. The maximum absolute atomic E-state index is 6.33. The van der Waals surface area contributed by atoms with Crippen LogP contribution >= 0.6 is 11.3 Å². The molecule has 1 aliphatic carbocycles. The highest BCUT2D eigenvalue weighted by molar-refractivity contribution is 7.26. The molecule has 0 saturated carbocycles. The highest BCUT2D eigenvalue weighted by atomic mass is 32.1. The van der Waals surface area contributed by atoms with Gasteiger partial charge in [0.1, 0.15) is 11.2 Å². The van der Waals surface area contributed by atoms with Gasteiger partial charge in [-0.05, 0) is 64.7 Å². The van der Waals surface area contributed by atoms with E-state index in [-0.39, 0.29) is 5.41 Å². The Morgan fingerprint density at radius 1 is 0.596 bits per heavy atom. The Labute approximate surface area is 275 Å². The lowest BCUT2D eigenvalue weighted by Crippen LogP contribution is -2.14. The molecule has 0 N–H and O–H groups in total. The minimum absolute atomic E-state index is 0.158. The molecule has 4 aromatic heterocycles. The molecule has 0 saturated heterocycles. The first-order chi connectivity index (χ1) is 23.0. The van der Waals surface area contributed by atoms with Gasteiger partial charge in [-0.3, -0.25) is 4.98 Å². The first-order valence-electron chi connectivity index (χ1n) is 15.9. The van der Waals surface area contributed by atoms with Gasteiger partial charge < -0.3 is 4.42 Å². The van der Waals surface area contributed by atoms with Crippen LogP contribution < -0.4 is 0 Å². The molecule has 0 atom stereocenters. The molecule has 0 amide bonds. The smallest absolute Gasteiger partial charge is 0.160 e. The zero-order valence-corrected chi connectivity index (χ0v) is 26.6. The number of para-hydroxylation sites is 1. The summed E-state index contributed by atoms with van der Waals surface area (Å²) in [6.45, 7) is 4.63. The summed E-state index contributed by atoms with van der Waals surface area (Å²) >= 11 is 1.81. The second kappa shape index (κ2) is 9.68. The Bertz CT molecular complexity index is 2720. The number of pyridine rings is 1. The summed E-state index contributed by atoms with van der Waals surface area (Å²) < 4.78 is 8.83. The molecule has 222 valence electrons. The average molecular weight is 622 g/mol. The van der Waals surface area contributed by atoms with Gasteiger partial charge in [-0.1, -0.05) is 92.7 Å². The lowest BCUT2D eigenvalue weighted by molar-refractivity contribution is 0.656. The first-order valence-corrected chi connectivity index (χ1v) is 16.7. The highest BCUT2D eigenvalue weighted by Crippen LogP contribution is 2.53. The molecule has 5 aromatic carbocycles. The van der Waals surface area contributed by atoms with Crippen LogP contribution in [0.5, 0.6) is 0 Å². The number of furan rings is 1. The van der Waals surface area contributed by atoms with Crippen LogP contribution in [0.2, 0.25) is 0 Å². The minimum atomic E-state index is -0.158. The fourth-order valence-electron chi connectivity index (χ4n) is 7.51. The molecular formula is C42H27N3OS. The summed E-state index contributed by atoms with van der Waals surface area (Å²) in [5.74, 6) is 0.680. The van der Waals surface area contributed by atoms with Crippen LogP contribution in [0.1, 0.15) is 25.0 Å². The van der Waals surface area contributed by atoms with Crippen molar-refractivity contribution in [1.82, 2.24) is 15.0 Å². The third-order valence-electron chi connectivity index (χ3n) is 9.77. The van der Waals surface area contributed by atoms with Crippen molar-refractivity contribution in [2.45, 2.75) is 19.3 Å². The van der Waals surface area contributed by atoms with Gasteiger partial charge in [0.05, 0.1) is 17.1 Å². The van der Waals surface area contributed by atoms with Gasteiger partial charge in [0.15, 0.2) is 5.82 Å². The van der Waals surface area contributed by atoms with E-state index in [1.165, 1.54) is 47.8 Å². The number of thiophene rings is 1. The van der Waals surface area contributed by atoms with Gasteiger partial charge in [0.2, 0.25) is 0 Å². The van der Waals surface area contributed by atoms with Gasteiger partial charge in [0, 0.05) is 53.7 Å². The predicted molar refractivity (Wildman–Crippen MR) is 194 cm³/mol. The zero-order chi connectivity index (χ0) is 31.3. The average Bonchev–Trinajstić information content (AvgIpc) is 3.76. The largest absolute Gasteiger partial charge is 0.456 e. The molecule has 0 aliphatic heterocycles. The van der Waals surface area contributed by atoms with Crippen LogP contribution in [0.25, 0.3) is 87.3 Å². The monoisotopic (exact) mass is 621 g/mol. The number of fused-ring (bicyclic) bond motifs is 10. The van der Waals surface area contributed by atoms with Crippen molar-refractivity contribution in [2.75, 3.05) is 0 Å². The van der Waals surface area contributed by atoms with Crippen LogP contribution in [0.3, 0.4) is 0 Å². The molecule has 5 heteroatoms. The van der Waals surface area contributed by atoms with Crippen molar-refractivity contribution >= 4 is 53.4 Å².